The quantitative estimate of drug-likeness (QED) is 0.577. The minimum atomic E-state index is -0.548. The maximum Gasteiger partial charge on any atom is 0.341 e. The molecule has 1 aliphatic rings. The van der Waals surface area contributed by atoms with Crippen molar-refractivity contribution in [1.29, 1.82) is 0 Å². The third kappa shape index (κ3) is 2.22. The molecule has 1 fully saturated rings. The molecular formula is C12H12N2O4. The number of carbonyl (C=O) groups excluding carboxylic acids is 3. The zero-order valence-electron chi connectivity index (χ0n) is 9.88. The molecule has 1 aliphatic heterocycles. The molecule has 1 saturated heterocycles. The van der Waals surface area contributed by atoms with Crippen molar-refractivity contribution in [2.45, 2.75) is 13.3 Å². The Morgan fingerprint density at radius 2 is 2.28 bits per heavy atom. The number of Topliss-reactive ketones (excluding diaryl/α,β-unsaturated/α-hetero) is 1. The molecule has 0 radical (unpaired) electrons. The van der Waals surface area contributed by atoms with E-state index in [4.69, 9.17) is 4.74 Å². The number of amides is 1. The highest BCUT2D eigenvalue weighted by atomic mass is 16.5. The second-order valence-corrected chi connectivity index (χ2v) is 3.79. The number of hydrogen-bond acceptors (Lipinski definition) is 5. The maximum absolute atomic E-state index is 11.7. The van der Waals surface area contributed by atoms with Gasteiger partial charge in [-0.25, -0.2) is 9.78 Å². The minimum Gasteiger partial charge on any atom is -0.462 e. The fourth-order valence-corrected chi connectivity index (χ4v) is 1.76. The zero-order valence-corrected chi connectivity index (χ0v) is 9.88. The monoisotopic (exact) mass is 248 g/mol. The first-order valence-electron chi connectivity index (χ1n) is 5.57. The van der Waals surface area contributed by atoms with E-state index in [1.54, 1.807) is 13.0 Å². The second kappa shape index (κ2) is 4.95. The number of ketones is 1. The molecule has 6 nitrogen and oxygen atoms in total. The van der Waals surface area contributed by atoms with Gasteiger partial charge in [-0.1, -0.05) is 0 Å². The average molecular weight is 248 g/mol. The van der Waals surface area contributed by atoms with E-state index in [0.717, 1.165) is 0 Å². The highest BCUT2D eigenvalue weighted by molar-refractivity contribution is 6.16. The summed E-state index contributed by atoms with van der Waals surface area (Å²) in [6, 6.07) is 3.11. The molecule has 94 valence electrons. The van der Waals surface area contributed by atoms with Crippen LogP contribution in [0.15, 0.2) is 18.3 Å². The number of carbonyl (C=O) groups is 3. The molecule has 0 aliphatic carbocycles. The van der Waals surface area contributed by atoms with E-state index < -0.39 is 5.97 Å². The van der Waals surface area contributed by atoms with Crippen LogP contribution in [0.2, 0.25) is 0 Å². The first kappa shape index (κ1) is 12.2. The van der Waals surface area contributed by atoms with Crippen molar-refractivity contribution >= 4 is 23.5 Å². The Hall–Kier alpha value is -2.24. The number of pyridine rings is 1. The van der Waals surface area contributed by atoms with Crippen molar-refractivity contribution in [1.82, 2.24) is 4.98 Å². The van der Waals surface area contributed by atoms with Gasteiger partial charge in [-0.3, -0.25) is 14.5 Å². The smallest absolute Gasteiger partial charge is 0.341 e. The van der Waals surface area contributed by atoms with Gasteiger partial charge in [0.25, 0.3) is 0 Å². The van der Waals surface area contributed by atoms with Crippen molar-refractivity contribution < 1.29 is 19.1 Å². The summed E-state index contributed by atoms with van der Waals surface area (Å²) in [6.45, 7) is 1.89. The summed E-state index contributed by atoms with van der Waals surface area (Å²) in [5, 5.41) is 0. The Morgan fingerprint density at radius 1 is 1.50 bits per heavy atom. The fourth-order valence-electron chi connectivity index (χ4n) is 1.76. The van der Waals surface area contributed by atoms with E-state index in [2.05, 4.69) is 4.98 Å². The first-order chi connectivity index (χ1) is 8.63. The zero-order chi connectivity index (χ0) is 13.1. The van der Waals surface area contributed by atoms with Crippen LogP contribution in [0.4, 0.5) is 5.82 Å². The van der Waals surface area contributed by atoms with E-state index >= 15 is 0 Å². The van der Waals surface area contributed by atoms with Crippen LogP contribution in [0.1, 0.15) is 23.7 Å². The summed E-state index contributed by atoms with van der Waals surface area (Å²) in [7, 11) is 0. The Labute approximate surface area is 104 Å². The predicted octanol–water partition coefficient (Wildman–Crippen LogP) is 0.564. The molecule has 2 heterocycles. The Kier molecular flexibility index (Phi) is 3.36. The third-order valence-corrected chi connectivity index (χ3v) is 2.52. The number of nitrogens with zero attached hydrogens (tertiary/aromatic N) is 2. The lowest BCUT2D eigenvalue weighted by Crippen LogP contribution is -2.28. The maximum atomic E-state index is 11.7. The molecule has 18 heavy (non-hydrogen) atoms. The van der Waals surface area contributed by atoms with E-state index in [0.29, 0.717) is 0 Å². The van der Waals surface area contributed by atoms with Gasteiger partial charge >= 0.3 is 5.97 Å². The molecule has 0 spiro atoms. The Balaban J connectivity index is 2.36. The van der Waals surface area contributed by atoms with Gasteiger partial charge in [0.15, 0.2) is 5.78 Å². The molecule has 0 N–H and O–H groups in total. The van der Waals surface area contributed by atoms with Crippen LogP contribution in [-0.4, -0.2) is 35.8 Å². The fraction of sp³-hybridized carbons (Fsp3) is 0.333. The lowest BCUT2D eigenvalue weighted by atomic mass is 10.2. The average Bonchev–Trinajstić information content (AvgIpc) is 2.69. The standard InChI is InChI=1S/C12H12N2O4/c1-2-18-12(17)9-4-3-5-13-11(9)14-7-8(15)6-10(14)16/h3-5H,2,6-7H2,1H3. The van der Waals surface area contributed by atoms with Crippen molar-refractivity contribution in [3.63, 3.8) is 0 Å². The second-order valence-electron chi connectivity index (χ2n) is 3.79. The number of rotatable bonds is 3. The van der Waals surface area contributed by atoms with Crippen molar-refractivity contribution in [2.24, 2.45) is 0 Å². The van der Waals surface area contributed by atoms with Crippen molar-refractivity contribution in [2.75, 3.05) is 18.1 Å². The lowest BCUT2D eigenvalue weighted by molar-refractivity contribution is -0.121. The summed E-state index contributed by atoms with van der Waals surface area (Å²) in [4.78, 5) is 39.8. The number of aromatic nitrogens is 1. The van der Waals surface area contributed by atoms with E-state index in [1.807, 2.05) is 0 Å². The number of anilines is 1. The van der Waals surface area contributed by atoms with Crippen LogP contribution in [-0.2, 0) is 14.3 Å². The Bertz CT molecular complexity index is 513. The molecule has 0 atom stereocenters. The summed E-state index contributed by atoms with van der Waals surface area (Å²) in [6.07, 6.45) is 1.33. The molecule has 0 unspecified atom stereocenters. The molecule has 0 aromatic carbocycles. The summed E-state index contributed by atoms with van der Waals surface area (Å²) in [5.74, 6) is -0.885. The first-order valence-corrected chi connectivity index (χ1v) is 5.57. The van der Waals surface area contributed by atoms with Gasteiger partial charge in [0.2, 0.25) is 5.91 Å². The van der Waals surface area contributed by atoms with Gasteiger partial charge in [-0.05, 0) is 19.1 Å². The van der Waals surface area contributed by atoms with Crippen LogP contribution < -0.4 is 4.90 Å². The molecular weight excluding hydrogens is 236 g/mol. The summed E-state index contributed by atoms with van der Waals surface area (Å²) >= 11 is 0. The topological polar surface area (TPSA) is 76.6 Å². The van der Waals surface area contributed by atoms with E-state index in [9.17, 15) is 14.4 Å². The highest BCUT2D eigenvalue weighted by Crippen LogP contribution is 2.22. The molecule has 0 bridgehead atoms. The third-order valence-electron chi connectivity index (χ3n) is 2.52. The predicted molar refractivity (Wildman–Crippen MR) is 62.2 cm³/mol. The van der Waals surface area contributed by atoms with Crippen molar-refractivity contribution in [3.05, 3.63) is 23.9 Å². The molecule has 1 aromatic heterocycles. The van der Waals surface area contributed by atoms with Gasteiger partial charge in [0.05, 0.1) is 19.6 Å². The lowest BCUT2D eigenvalue weighted by Gasteiger charge is -2.16. The SMILES string of the molecule is CCOC(=O)c1cccnc1N1CC(=O)CC1=O. The molecule has 6 heteroatoms. The van der Waals surface area contributed by atoms with Gasteiger partial charge in [-0.15, -0.1) is 0 Å². The van der Waals surface area contributed by atoms with E-state index in [-0.39, 0.29) is 42.6 Å². The number of ether oxygens (including phenoxy) is 1. The largest absolute Gasteiger partial charge is 0.462 e. The van der Waals surface area contributed by atoms with Crippen LogP contribution in [0.3, 0.4) is 0 Å². The van der Waals surface area contributed by atoms with Crippen LogP contribution in [0, 0.1) is 0 Å². The summed E-state index contributed by atoms with van der Waals surface area (Å²) in [5.41, 5.74) is 0.197. The molecule has 2 rings (SSSR count). The van der Waals surface area contributed by atoms with Crippen LogP contribution in [0.25, 0.3) is 0 Å². The van der Waals surface area contributed by atoms with Crippen LogP contribution in [0.5, 0.6) is 0 Å². The van der Waals surface area contributed by atoms with Crippen LogP contribution >= 0.6 is 0 Å². The summed E-state index contributed by atoms with van der Waals surface area (Å²) < 4.78 is 4.89. The molecule has 0 saturated carbocycles. The number of hydrogen-bond donors (Lipinski definition) is 0. The normalized spacial score (nSPS) is 15.1. The highest BCUT2D eigenvalue weighted by Gasteiger charge is 2.32. The van der Waals surface area contributed by atoms with Gasteiger partial charge < -0.3 is 4.74 Å². The van der Waals surface area contributed by atoms with Crippen molar-refractivity contribution in [3.8, 4) is 0 Å². The van der Waals surface area contributed by atoms with Gasteiger partial charge in [-0.2, -0.15) is 0 Å². The van der Waals surface area contributed by atoms with Gasteiger partial charge in [0.1, 0.15) is 11.4 Å². The van der Waals surface area contributed by atoms with E-state index in [1.165, 1.54) is 17.2 Å². The molecule has 1 aromatic rings. The van der Waals surface area contributed by atoms with Gasteiger partial charge in [0, 0.05) is 6.20 Å². The molecule has 1 amide bonds. The minimum absolute atomic E-state index is 0.0394. The number of esters is 1. The Morgan fingerprint density at radius 3 is 2.89 bits per heavy atom.